The van der Waals surface area contributed by atoms with Crippen molar-refractivity contribution in [3.05, 3.63) is 156 Å². The molecule has 5 aromatic heterocycles. The number of pyridine rings is 3. The Labute approximate surface area is 397 Å². The first-order valence-electron chi connectivity index (χ1n) is 23.2. The Balaban J connectivity index is 0.000000158. The second-order valence-corrected chi connectivity index (χ2v) is 24.9. The molecule has 0 aliphatic heterocycles. The molecule has 4 fully saturated rings. The molecular weight excluding hydrogens is 991 g/mol. The van der Waals surface area contributed by atoms with Crippen LogP contribution in [0.5, 0.6) is 0 Å². The monoisotopic (exact) mass is 1050 g/mol. The second-order valence-electron chi connectivity index (χ2n) is 19.9. The third-order valence-electron chi connectivity index (χ3n) is 14.6. The molecule has 0 saturated heterocycles. The Morgan fingerprint density at radius 1 is 0.738 bits per heavy atom. The number of hydrogen-bond acceptors (Lipinski definition) is 5. The van der Waals surface area contributed by atoms with E-state index in [9.17, 15) is 0 Å². The maximum atomic E-state index is 6.49. The summed E-state index contributed by atoms with van der Waals surface area (Å²) in [4.78, 5) is 19.2. The molecule has 0 spiro atoms. The van der Waals surface area contributed by atoms with Crippen LogP contribution in [0.3, 0.4) is 0 Å². The zero-order valence-corrected chi connectivity index (χ0v) is 41.5. The standard InChI is InChI=1S/C32H23N4O.C25H32NSi.Ir/c1-19-18-28-29(20(2)34-19)24-13-9-14-25(31(24)37-28)32-35-30-21(3)33-17-16-27(30)36(32)26-15-8-7-12-23(26)22-10-5-4-6-11-22;1-27(2,3)25-16-26-24(19-7-5-4-6-8-19)15-22(25)14-23-20-10-17-9-18(12-20)13-21(23)11-17;/h4-13,15-18H,1-3H3;4-7,15-18,20-21,23H,9-14H2,1-3H3;/q2*-1;. The maximum Gasteiger partial charge on any atom is 0.124 e. The second kappa shape index (κ2) is 17.4. The Bertz CT molecular complexity index is 3160. The summed E-state index contributed by atoms with van der Waals surface area (Å²) in [6, 6.07) is 44.4. The number of para-hydroxylation sites is 1. The first-order chi connectivity index (χ1) is 31.1. The topological polar surface area (TPSA) is 69.6 Å². The number of furan rings is 1. The van der Waals surface area contributed by atoms with Gasteiger partial charge in [0.1, 0.15) is 5.58 Å². The van der Waals surface area contributed by atoms with Gasteiger partial charge in [0.2, 0.25) is 0 Å². The SMILES string of the molecule is C[Si](C)(C)c1cnc(-c2[c-]cccc2)cc1CC1C2CC3CC(C2)CC1C3.Cc1cc2oc3c(-c4nc5c(C)nccc5n4-c4ccccc4-c4ccccc4)[c-]ccc3c2c(C)n1.[Ir]. The molecule has 5 heterocycles. The summed E-state index contributed by atoms with van der Waals surface area (Å²) >= 11 is 0. The molecule has 0 N–H and O–H groups in total. The van der Waals surface area contributed by atoms with Gasteiger partial charge in [0.05, 0.1) is 36.2 Å². The summed E-state index contributed by atoms with van der Waals surface area (Å²) in [6.07, 6.45) is 13.0. The molecule has 4 bridgehead atoms. The van der Waals surface area contributed by atoms with Crippen LogP contribution < -0.4 is 5.19 Å². The van der Waals surface area contributed by atoms with Gasteiger partial charge in [0, 0.05) is 66.6 Å². The molecule has 9 aromatic rings. The zero-order chi connectivity index (χ0) is 43.7. The predicted molar refractivity (Wildman–Crippen MR) is 264 cm³/mol. The minimum atomic E-state index is -1.40. The van der Waals surface area contributed by atoms with E-state index >= 15 is 0 Å². The quantitative estimate of drug-likeness (QED) is 0.117. The van der Waals surface area contributed by atoms with Crippen molar-refractivity contribution < 1.29 is 24.5 Å². The molecule has 13 rings (SSSR count). The van der Waals surface area contributed by atoms with Crippen molar-refractivity contribution in [2.24, 2.45) is 29.6 Å². The van der Waals surface area contributed by atoms with Crippen LogP contribution in [0.4, 0.5) is 0 Å². The largest absolute Gasteiger partial charge is 0.500 e. The van der Waals surface area contributed by atoms with E-state index in [2.05, 4.69) is 119 Å². The number of rotatable bonds is 7. The third kappa shape index (κ3) is 8.02. The van der Waals surface area contributed by atoms with Crippen LogP contribution in [-0.2, 0) is 26.5 Å². The van der Waals surface area contributed by atoms with Gasteiger partial charge in [-0.15, -0.1) is 54.1 Å². The van der Waals surface area contributed by atoms with Crippen LogP contribution in [0.15, 0.2) is 126 Å². The first-order valence-corrected chi connectivity index (χ1v) is 26.7. The van der Waals surface area contributed by atoms with E-state index in [0.717, 1.165) is 119 Å². The smallest absolute Gasteiger partial charge is 0.124 e. The van der Waals surface area contributed by atoms with Gasteiger partial charge in [-0.3, -0.25) is 15.0 Å². The number of benzene rings is 4. The maximum absolute atomic E-state index is 6.49. The van der Waals surface area contributed by atoms with Gasteiger partial charge < -0.3 is 14.0 Å². The van der Waals surface area contributed by atoms with Crippen LogP contribution in [0, 0.1) is 62.5 Å². The van der Waals surface area contributed by atoms with Gasteiger partial charge in [0.15, 0.2) is 0 Å². The Hall–Kier alpha value is -5.53. The van der Waals surface area contributed by atoms with E-state index in [1.165, 1.54) is 32.1 Å². The fourth-order valence-electron chi connectivity index (χ4n) is 12.0. The van der Waals surface area contributed by atoms with Crippen molar-refractivity contribution >= 4 is 46.2 Å². The molecule has 329 valence electrons. The molecule has 4 aromatic carbocycles. The number of hydrogen-bond donors (Lipinski definition) is 0. The van der Waals surface area contributed by atoms with Crippen molar-refractivity contribution in [1.82, 2.24) is 24.5 Å². The molecular formula is C57H55IrN5OSi-2. The molecule has 0 atom stereocenters. The van der Waals surface area contributed by atoms with Crippen molar-refractivity contribution in [2.45, 2.75) is 78.9 Å². The van der Waals surface area contributed by atoms with Crippen molar-refractivity contribution in [1.29, 1.82) is 0 Å². The first kappa shape index (κ1) is 43.4. The summed E-state index contributed by atoms with van der Waals surface area (Å²) in [7, 11) is -1.40. The number of nitrogens with zero attached hydrogens (tertiary/aromatic N) is 5. The minimum Gasteiger partial charge on any atom is -0.500 e. The predicted octanol–water partition coefficient (Wildman–Crippen LogP) is 13.5. The summed E-state index contributed by atoms with van der Waals surface area (Å²) in [5.41, 5.74) is 14.1. The average molecular weight is 1050 g/mol. The van der Waals surface area contributed by atoms with Crippen molar-refractivity contribution in [3.8, 4) is 39.5 Å². The molecule has 4 saturated carbocycles. The van der Waals surface area contributed by atoms with Gasteiger partial charge in [-0.2, -0.15) is 0 Å². The number of fused-ring (bicyclic) bond motifs is 4. The average Bonchev–Trinajstić information content (AvgIpc) is 3.88. The van der Waals surface area contributed by atoms with Gasteiger partial charge in [-0.05, 0) is 117 Å². The molecule has 0 unspecified atom stereocenters. The van der Waals surface area contributed by atoms with E-state index in [1.54, 1.807) is 17.2 Å². The van der Waals surface area contributed by atoms with Gasteiger partial charge in [0.25, 0.3) is 0 Å². The molecule has 65 heavy (non-hydrogen) atoms. The van der Waals surface area contributed by atoms with Gasteiger partial charge in [-0.25, -0.2) is 0 Å². The molecule has 6 nitrogen and oxygen atoms in total. The van der Waals surface area contributed by atoms with E-state index < -0.39 is 8.07 Å². The minimum absolute atomic E-state index is 0. The van der Waals surface area contributed by atoms with Gasteiger partial charge in [-0.1, -0.05) is 90.8 Å². The molecule has 4 aliphatic carbocycles. The zero-order valence-electron chi connectivity index (χ0n) is 38.2. The van der Waals surface area contributed by atoms with Crippen molar-refractivity contribution in [3.63, 3.8) is 0 Å². The normalized spacial score (nSPS) is 19.9. The molecule has 1 radical (unpaired) electrons. The van der Waals surface area contributed by atoms with Crippen molar-refractivity contribution in [2.75, 3.05) is 0 Å². The van der Waals surface area contributed by atoms with Crippen LogP contribution in [0.25, 0.3) is 72.4 Å². The van der Waals surface area contributed by atoms with E-state index in [4.69, 9.17) is 14.4 Å². The fraction of sp³-hybridized carbons (Fsp3) is 0.298. The molecule has 0 amide bonds. The molecule has 4 aliphatic rings. The van der Waals surface area contributed by atoms with Crippen LogP contribution in [-0.4, -0.2) is 32.6 Å². The van der Waals surface area contributed by atoms with Crippen LogP contribution in [0.1, 0.15) is 54.7 Å². The van der Waals surface area contributed by atoms with Gasteiger partial charge >= 0.3 is 0 Å². The summed E-state index contributed by atoms with van der Waals surface area (Å²) < 4.78 is 8.70. The summed E-state index contributed by atoms with van der Waals surface area (Å²) in [6.45, 7) is 13.4. The number of aryl methyl sites for hydroxylation is 3. The van der Waals surface area contributed by atoms with E-state index in [0.29, 0.717) is 0 Å². The van der Waals surface area contributed by atoms with Crippen LogP contribution in [0.2, 0.25) is 19.6 Å². The third-order valence-corrected chi connectivity index (χ3v) is 16.7. The number of imidazole rings is 1. The summed E-state index contributed by atoms with van der Waals surface area (Å²) in [5, 5.41) is 3.62. The van der Waals surface area contributed by atoms with E-state index in [-0.39, 0.29) is 20.1 Å². The Kier molecular flexibility index (Phi) is 11.6. The molecule has 8 heteroatoms. The number of aromatic nitrogens is 5. The summed E-state index contributed by atoms with van der Waals surface area (Å²) in [5.74, 6) is 5.80. The van der Waals surface area contributed by atoms with E-state index in [1.807, 2.05) is 69.4 Å². The Morgan fingerprint density at radius 2 is 1.48 bits per heavy atom. The Morgan fingerprint density at radius 3 is 2.22 bits per heavy atom. The fourth-order valence-corrected chi connectivity index (χ4v) is 13.6. The van der Waals surface area contributed by atoms with Crippen LogP contribution >= 0.6 is 0 Å².